The first-order valence-corrected chi connectivity index (χ1v) is 40.6. The quantitative estimate of drug-likeness (QED) is 0.0199. The predicted octanol–water partition coefficient (Wildman–Crippen LogP) is 13.7. The molecule has 3 heterocycles. The standard InChI is InChI=1S/C84H145NO18/c1-3-5-7-9-11-13-15-17-19-21-23-25-27-29-31-32-33-34-36-38-40-42-44-46-48-50-52-54-56-58-60-62-72(90)85-67(68(89)61-59-57-55-53-51-49-47-45-43-41-39-37-35-30-28-26-24-22-20-18-16-14-12-10-8-6-4-2)66-98-82-78(96)75(93)80(70(64-87)100-82)103-84-79(97)76(94)81(71(65-88)101-84)102-83-77(95)74(92)73(91)69(63-86)99-83/h5,7,11,13,17,19,23,25,29,31,33-34,43,45,51,53,59,61,67-71,73-84,86-89,91-97H,3-4,6,8-10,12,14-16,18,20-22,24,26-28,30,32,35-42,44,46-50,52,54-58,60,62-66H2,1-2H3,(H,85,90)/b7-5-,13-11-,19-17-,25-23-,31-29-,34-33-,45-43+,53-51+,61-59+. The number of allylic oxidation sites excluding steroid dienone is 17. The molecule has 594 valence electrons. The molecule has 17 atom stereocenters. The molecule has 0 bridgehead atoms. The monoisotopic (exact) mass is 1460 g/mol. The fraction of sp³-hybridized carbons (Fsp3) is 0.774. The van der Waals surface area contributed by atoms with Gasteiger partial charge in [-0.1, -0.05) is 290 Å². The third kappa shape index (κ3) is 43.3. The van der Waals surface area contributed by atoms with Crippen LogP contribution in [0.4, 0.5) is 0 Å². The molecule has 0 aromatic heterocycles. The van der Waals surface area contributed by atoms with Gasteiger partial charge in [-0.3, -0.25) is 4.79 Å². The Bertz CT molecular complexity index is 2290. The van der Waals surface area contributed by atoms with Crippen LogP contribution in [0.3, 0.4) is 0 Å². The summed E-state index contributed by atoms with van der Waals surface area (Å²) in [4.78, 5) is 13.5. The highest BCUT2D eigenvalue weighted by Gasteiger charge is 2.54. The van der Waals surface area contributed by atoms with Gasteiger partial charge in [0.2, 0.25) is 5.91 Å². The van der Waals surface area contributed by atoms with E-state index in [1.807, 2.05) is 6.08 Å². The molecule has 3 saturated heterocycles. The number of carbonyl (C=O) groups excluding carboxylic acids is 1. The Labute approximate surface area is 621 Å². The molecule has 0 aromatic carbocycles. The van der Waals surface area contributed by atoms with E-state index in [2.05, 4.69) is 116 Å². The van der Waals surface area contributed by atoms with Crippen LogP contribution in [0.25, 0.3) is 0 Å². The summed E-state index contributed by atoms with van der Waals surface area (Å²) < 4.78 is 34.4. The van der Waals surface area contributed by atoms with Gasteiger partial charge in [0.25, 0.3) is 0 Å². The van der Waals surface area contributed by atoms with Crippen molar-refractivity contribution in [2.24, 2.45) is 0 Å². The highest BCUT2D eigenvalue weighted by atomic mass is 16.8. The van der Waals surface area contributed by atoms with Crippen LogP contribution >= 0.6 is 0 Å². The second kappa shape index (κ2) is 63.4. The van der Waals surface area contributed by atoms with Gasteiger partial charge in [0, 0.05) is 6.42 Å². The van der Waals surface area contributed by atoms with E-state index in [1.54, 1.807) is 6.08 Å². The Morgan fingerprint density at radius 2 is 0.680 bits per heavy atom. The zero-order valence-corrected chi connectivity index (χ0v) is 63.5. The zero-order valence-electron chi connectivity index (χ0n) is 63.5. The van der Waals surface area contributed by atoms with Gasteiger partial charge >= 0.3 is 0 Å². The van der Waals surface area contributed by atoms with Gasteiger partial charge in [0.05, 0.1) is 38.6 Å². The van der Waals surface area contributed by atoms with Gasteiger partial charge < -0.3 is 89.9 Å². The third-order valence-electron chi connectivity index (χ3n) is 19.5. The van der Waals surface area contributed by atoms with Gasteiger partial charge in [0.15, 0.2) is 18.9 Å². The van der Waals surface area contributed by atoms with Crippen LogP contribution in [-0.4, -0.2) is 193 Å². The fourth-order valence-electron chi connectivity index (χ4n) is 13.1. The average molecular weight is 1460 g/mol. The van der Waals surface area contributed by atoms with Gasteiger partial charge in [-0.05, 0) is 96.3 Å². The molecule has 3 aliphatic heterocycles. The number of hydrogen-bond acceptors (Lipinski definition) is 18. The smallest absolute Gasteiger partial charge is 0.220 e. The lowest BCUT2D eigenvalue weighted by molar-refractivity contribution is -0.379. The summed E-state index contributed by atoms with van der Waals surface area (Å²) in [7, 11) is 0. The van der Waals surface area contributed by atoms with Crippen molar-refractivity contribution in [1.29, 1.82) is 0 Å². The summed E-state index contributed by atoms with van der Waals surface area (Å²) >= 11 is 0. The fourth-order valence-corrected chi connectivity index (χ4v) is 13.1. The van der Waals surface area contributed by atoms with Crippen LogP contribution in [0, 0.1) is 0 Å². The summed E-state index contributed by atoms with van der Waals surface area (Å²) in [5.74, 6) is -0.294. The topological polar surface area (TPSA) is 307 Å². The van der Waals surface area contributed by atoms with Gasteiger partial charge in [-0.15, -0.1) is 0 Å². The minimum absolute atomic E-state index is 0.223. The van der Waals surface area contributed by atoms with E-state index < -0.39 is 124 Å². The number of aliphatic hydroxyl groups is 11. The first kappa shape index (κ1) is 93.7. The molecule has 103 heavy (non-hydrogen) atoms. The highest BCUT2D eigenvalue weighted by molar-refractivity contribution is 5.76. The Morgan fingerprint density at radius 1 is 0.359 bits per heavy atom. The number of ether oxygens (including phenoxy) is 6. The summed E-state index contributed by atoms with van der Waals surface area (Å²) in [6.07, 6.45) is 60.7. The maximum Gasteiger partial charge on any atom is 0.220 e. The largest absolute Gasteiger partial charge is 0.394 e. The minimum Gasteiger partial charge on any atom is -0.394 e. The van der Waals surface area contributed by atoms with E-state index in [0.29, 0.717) is 12.8 Å². The molecule has 0 aliphatic carbocycles. The number of rotatable bonds is 63. The third-order valence-corrected chi connectivity index (χ3v) is 19.5. The molecule has 12 N–H and O–H groups in total. The number of nitrogens with one attached hydrogen (secondary N) is 1. The van der Waals surface area contributed by atoms with Crippen molar-refractivity contribution in [1.82, 2.24) is 5.32 Å². The van der Waals surface area contributed by atoms with E-state index in [4.69, 9.17) is 28.4 Å². The van der Waals surface area contributed by atoms with Crippen molar-refractivity contribution in [2.75, 3.05) is 26.4 Å². The molecule has 0 aromatic rings. The van der Waals surface area contributed by atoms with Crippen LogP contribution in [0.1, 0.15) is 284 Å². The molecule has 0 spiro atoms. The molecule has 19 heteroatoms. The van der Waals surface area contributed by atoms with Crippen LogP contribution in [-0.2, 0) is 33.2 Å². The van der Waals surface area contributed by atoms with E-state index in [-0.39, 0.29) is 18.9 Å². The number of unbranched alkanes of at least 4 members (excludes halogenated alkanes) is 31. The van der Waals surface area contributed by atoms with Crippen molar-refractivity contribution in [3.05, 3.63) is 109 Å². The summed E-state index contributed by atoms with van der Waals surface area (Å²) in [6, 6.07) is -1.01. The highest BCUT2D eigenvalue weighted by Crippen LogP contribution is 2.33. The first-order valence-electron chi connectivity index (χ1n) is 40.6. The molecule has 19 nitrogen and oxygen atoms in total. The van der Waals surface area contributed by atoms with Gasteiger partial charge in [-0.25, -0.2) is 0 Å². The van der Waals surface area contributed by atoms with Crippen molar-refractivity contribution in [3.63, 3.8) is 0 Å². The summed E-state index contributed by atoms with van der Waals surface area (Å²) in [5, 5.41) is 121. The molecule has 0 saturated carbocycles. The molecular weight excluding hydrogens is 1310 g/mol. The van der Waals surface area contributed by atoms with Gasteiger partial charge in [0.1, 0.15) is 73.2 Å². The second-order valence-corrected chi connectivity index (χ2v) is 28.5. The molecule has 17 unspecified atom stereocenters. The van der Waals surface area contributed by atoms with E-state index in [9.17, 15) is 61.0 Å². The maximum atomic E-state index is 13.5. The van der Waals surface area contributed by atoms with Crippen molar-refractivity contribution >= 4 is 5.91 Å². The van der Waals surface area contributed by atoms with Crippen molar-refractivity contribution < 1.29 is 89.4 Å². The number of aliphatic hydroxyl groups excluding tert-OH is 11. The van der Waals surface area contributed by atoms with Crippen molar-refractivity contribution in [3.8, 4) is 0 Å². The second-order valence-electron chi connectivity index (χ2n) is 28.5. The summed E-state index contributed by atoms with van der Waals surface area (Å²) in [5.41, 5.74) is 0. The molecule has 3 fully saturated rings. The van der Waals surface area contributed by atoms with Crippen LogP contribution < -0.4 is 5.32 Å². The Hall–Kier alpha value is -3.55. The predicted molar refractivity (Wildman–Crippen MR) is 410 cm³/mol. The van der Waals surface area contributed by atoms with Crippen LogP contribution in [0.15, 0.2) is 109 Å². The minimum atomic E-state index is -1.99. The summed E-state index contributed by atoms with van der Waals surface area (Å²) in [6.45, 7) is 1.61. The first-order chi connectivity index (χ1) is 50.3. The van der Waals surface area contributed by atoms with E-state index in [0.717, 1.165) is 96.3 Å². The molecule has 1 amide bonds. The Morgan fingerprint density at radius 3 is 1.09 bits per heavy atom. The van der Waals surface area contributed by atoms with Crippen LogP contribution in [0.5, 0.6) is 0 Å². The molecule has 3 rings (SSSR count). The normalized spacial score (nSPS) is 26.6. The van der Waals surface area contributed by atoms with Crippen molar-refractivity contribution in [2.45, 2.75) is 388 Å². The maximum absolute atomic E-state index is 13.5. The lowest BCUT2D eigenvalue weighted by atomic mass is 9.96. The van der Waals surface area contributed by atoms with Crippen LogP contribution in [0.2, 0.25) is 0 Å². The number of carbonyl (C=O) groups is 1. The molecule has 3 aliphatic rings. The Balaban J connectivity index is 1.39. The number of hydrogen-bond donors (Lipinski definition) is 12. The van der Waals surface area contributed by atoms with E-state index in [1.165, 1.54) is 154 Å². The lowest BCUT2D eigenvalue weighted by Crippen LogP contribution is -2.66. The van der Waals surface area contributed by atoms with Gasteiger partial charge in [-0.2, -0.15) is 0 Å². The SMILES string of the molecule is CC/C=C\C/C=C\C/C=C\C/C=C\C/C=C\C/C=C\CCCCCCCCCCCCCCC(=O)NC(COC1OC(CO)C(OC2OC(CO)C(OC3OC(CO)C(O)C(O)C3O)C(O)C2O)C(O)C1O)C(O)/C=C/CC/C=C/CC/C=C/CCCCCCCCCCCCCCCCCCC. The average Bonchev–Trinajstić information content (AvgIpc) is 0.781. The zero-order chi connectivity index (χ0) is 74.6. The van der Waals surface area contributed by atoms with E-state index >= 15 is 0 Å². The number of amides is 1. The Kier molecular flexibility index (Phi) is 57.6. The lowest BCUT2D eigenvalue weighted by Gasteiger charge is -2.48. The molecule has 0 radical (unpaired) electrons. The molecular formula is C84H145NO18.